The van der Waals surface area contributed by atoms with E-state index in [0.29, 0.717) is 35.5 Å². The zero-order chi connectivity index (χ0) is 33.7. The molecule has 1 aliphatic heterocycles. The maximum atomic E-state index is 13.6. The van der Waals surface area contributed by atoms with E-state index in [1.807, 2.05) is 85.8 Å². The first kappa shape index (κ1) is 33.3. The number of amides is 2. The molecule has 2 aliphatic rings. The highest BCUT2D eigenvalue weighted by atomic mass is 19.4. The summed E-state index contributed by atoms with van der Waals surface area (Å²) in [4.78, 5) is 29.5. The first-order valence-corrected chi connectivity index (χ1v) is 16.6. The molecule has 3 unspecified atom stereocenters. The summed E-state index contributed by atoms with van der Waals surface area (Å²) in [6.45, 7) is 2.37. The Morgan fingerprint density at radius 3 is 2.29 bits per heavy atom. The monoisotopic (exact) mass is 655 g/mol. The standard InChI is InChI=1S/C39H40F3N3O3/c1-26(44-37(46)32-17-8-9-20-34(32)48-27-13-4-2-5-14-27)21-22-33(45-23-10-3-11-24-45)31-19-12-18-29-28-15-6-7-16-30(28)36(35(29)31)38(47)43-25-39(40,41)42/h2,4-9,12-20,26,33,36H,3,10-11,21-25H2,1H3,(H,43,47)(H,44,46). The van der Waals surface area contributed by atoms with Gasteiger partial charge < -0.3 is 15.4 Å². The molecule has 0 spiro atoms. The van der Waals surface area contributed by atoms with E-state index in [1.54, 1.807) is 18.2 Å². The molecule has 2 N–H and O–H groups in total. The number of alkyl halides is 3. The van der Waals surface area contributed by atoms with Crippen LogP contribution < -0.4 is 15.4 Å². The molecule has 4 aromatic rings. The number of carbonyl (C=O) groups is 2. The molecular formula is C39H40F3N3O3. The van der Waals surface area contributed by atoms with Crippen LogP contribution in [-0.4, -0.2) is 48.6 Å². The average Bonchev–Trinajstić information content (AvgIpc) is 3.43. The van der Waals surface area contributed by atoms with Gasteiger partial charge in [-0.25, -0.2) is 0 Å². The molecule has 1 aliphatic carbocycles. The summed E-state index contributed by atoms with van der Waals surface area (Å²) in [7, 11) is 0. The lowest BCUT2D eigenvalue weighted by atomic mass is 9.86. The zero-order valence-corrected chi connectivity index (χ0v) is 26.9. The third-order valence-electron chi connectivity index (χ3n) is 9.26. The van der Waals surface area contributed by atoms with Gasteiger partial charge >= 0.3 is 6.18 Å². The van der Waals surface area contributed by atoms with Crippen LogP contribution in [0.15, 0.2) is 97.1 Å². The van der Waals surface area contributed by atoms with Crippen LogP contribution in [0.4, 0.5) is 13.2 Å². The molecule has 4 aromatic carbocycles. The van der Waals surface area contributed by atoms with Crippen molar-refractivity contribution in [1.29, 1.82) is 0 Å². The second-order valence-electron chi connectivity index (χ2n) is 12.6. The van der Waals surface area contributed by atoms with Crippen LogP contribution in [0, 0.1) is 0 Å². The number of hydrogen-bond acceptors (Lipinski definition) is 4. The summed E-state index contributed by atoms with van der Waals surface area (Å²) >= 11 is 0. The van der Waals surface area contributed by atoms with Crippen LogP contribution in [0.1, 0.15) is 78.0 Å². The van der Waals surface area contributed by atoms with Gasteiger partial charge in [0.1, 0.15) is 18.0 Å². The number of para-hydroxylation sites is 2. The van der Waals surface area contributed by atoms with Crippen molar-refractivity contribution in [2.24, 2.45) is 0 Å². The quantitative estimate of drug-likeness (QED) is 0.170. The second kappa shape index (κ2) is 14.6. The van der Waals surface area contributed by atoms with Crippen molar-refractivity contribution in [1.82, 2.24) is 15.5 Å². The Morgan fingerprint density at radius 2 is 1.52 bits per heavy atom. The number of hydrogen-bond donors (Lipinski definition) is 2. The summed E-state index contributed by atoms with van der Waals surface area (Å²) in [5.74, 6) is -0.631. The number of carbonyl (C=O) groups excluding carboxylic acids is 2. The highest BCUT2D eigenvalue weighted by Crippen LogP contribution is 2.49. The van der Waals surface area contributed by atoms with Crippen LogP contribution in [0.3, 0.4) is 0 Å². The van der Waals surface area contributed by atoms with E-state index in [0.717, 1.165) is 54.6 Å². The third-order valence-corrected chi connectivity index (χ3v) is 9.26. The van der Waals surface area contributed by atoms with Gasteiger partial charge in [0.25, 0.3) is 5.91 Å². The van der Waals surface area contributed by atoms with E-state index < -0.39 is 24.5 Å². The predicted molar refractivity (Wildman–Crippen MR) is 180 cm³/mol. The lowest BCUT2D eigenvalue weighted by Crippen LogP contribution is -2.38. The van der Waals surface area contributed by atoms with Crippen molar-refractivity contribution in [3.63, 3.8) is 0 Å². The summed E-state index contributed by atoms with van der Waals surface area (Å²) in [6, 6.07) is 29.6. The van der Waals surface area contributed by atoms with Crippen LogP contribution in [0.2, 0.25) is 0 Å². The molecule has 0 aromatic heterocycles. The number of benzene rings is 4. The van der Waals surface area contributed by atoms with E-state index >= 15 is 0 Å². The van der Waals surface area contributed by atoms with Gasteiger partial charge in [-0.05, 0) is 97.8 Å². The predicted octanol–water partition coefficient (Wildman–Crippen LogP) is 8.40. The Morgan fingerprint density at radius 1 is 0.833 bits per heavy atom. The Balaban J connectivity index is 1.25. The van der Waals surface area contributed by atoms with Crippen molar-refractivity contribution in [3.05, 3.63) is 119 Å². The first-order chi connectivity index (χ1) is 23.2. The summed E-state index contributed by atoms with van der Waals surface area (Å²) < 4.78 is 45.6. The van der Waals surface area contributed by atoms with Gasteiger partial charge in [0.05, 0.1) is 11.5 Å². The van der Waals surface area contributed by atoms with Crippen LogP contribution in [-0.2, 0) is 4.79 Å². The summed E-state index contributed by atoms with van der Waals surface area (Å²) in [5.41, 5.74) is 4.64. The van der Waals surface area contributed by atoms with Crippen molar-refractivity contribution in [3.8, 4) is 22.6 Å². The Hall–Kier alpha value is -4.63. The fourth-order valence-electron chi connectivity index (χ4n) is 7.05. The van der Waals surface area contributed by atoms with E-state index in [-0.39, 0.29) is 18.0 Å². The molecule has 6 rings (SSSR count). The Bertz CT molecular complexity index is 1740. The summed E-state index contributed by atoms with van der Waals surface area (Å²) in [6.07, 6.45) is 0.0586. The van der Waals surface area contributed by atoms with Gasteiger partial charge in [-0.2, -0.15) is 13.2 Å². The molecule has 1 heterocycles. The molecule has 1 saturated heterocycles. The maximum absolute atomic E-state index is 13.6. The molecule has 0 radical (unpaired) electrons. The number of nitrogens with zero attached hydrogens (tertiary/aromatic N) is 1. The fourth-order valence-corrected chi connectivity index (χ4v) is 7.05. The minimum absolute atomic E-state index is 0.0828. The van der Waals surface area contributed by atoms with Crippen molar-refractivity contribution < 1.29 is 27.5 Å². The number of halogens is 3. The second-order valence-corrected chi connectivity index (χ2v) is 12.6. The van der Waals surface area contributed by atoms with Gasteiger partial charge in [-0.1, -0.05) is 79.2 Å². The van der Waals surface area contributed by atoms with Gasteiger partial charge in [0.2, 0.25) is 5.91 Å². The van der Waals surface area contributed by atoms with Gasteiger partial charge in [-0.15, -0.1) is 0 Å². The smallest absolute Gasteiger partial charge is 0.405 e. The molecule has 2 amide bonds. The SMILES string of the molecule is CC(CCC(c1cccc2c1C(C(=O)NCC(F)(F)F)c1ccccc1-2)N1CCCCC1)NC(=O)c1ccccc1Oc1ccccc1. The number of likely N-dealkylation sites (tertiary alicyclic amines) is 1. The largest absolute Gasteiger partial charge is 0.457 e. The third kappa shape index (κ3) is 7.57. The van der Waals surface area contributed by atoms with E-state index in [2.05, 4.69) is 15.5 Å². The minimum Gasteiger partial charge on any atom is -0.457 e. The Kier molecular flexibility index (Phi) is 10.2. The number of rotatable bonds is 11. The molecule has 3 atom stereocenters. The fraction of sp³-hybridized carbons (Fsp3) is 0.333. The molecule has 0 bridgehead atoms. The Labute approximate surface area is 279 Å². The highest BCUT2D eigenvalue weighted by molar-refractivity contribution is 5.98. The molecule has 48 heavy (non-hydrogen) atoms. The number of ether oxygens (including phenoxy) is 1. The normalized spacial score (nSPS) is 17.1. The minimum atomic E-state index is -4.51. The maximum Gasteiger partial charge on any atom is 0.405 e. The van der Waals surface area contributed by atoms with Crippen LogP contribution in [0.25, 0.3) is 11.1 Å². The van der Waals surface area contributed by atoms with E-state index in [1.165, 1.54) is 0 Å². The zero-order valence-electron chi connectivity index (χ0n) is 26.9. The molecule has 6 nitrogen and oxygen atoms in total. The van der Waals surface area contributed by atoms with E-state index in [4.69, 9.17) is 4.74 Å². The van der Waals surface area contributed by atoms with Gasteiger partial charge in [0.15, 0.2) is 0 Å². The molecule has 250 valence electrons. The summed E-state index contributed by atoms with van der Waals surface area (Å²) in [5, 5.41) is 5.31. The molecular weight excluding hydrogens is 615 g/mol. The highest BCUT2D eigenvalue weighted by Gasteiger charge is 2.39. The number of nitrogens with one attached hydrogen (secondary N) is 2. The molecule has 0 saturated carbocycles. The average molecular weight is 656 g/mol. The van der Waals surface area contributed by atoms with Crippen LogP contribution >= 0.6 is 0 Å². The molecule has 1 fully saturated rings. The lowest BCUT2D eigenvalue weighted by molar-refractivity contribution is -0.138. The first-order valence-electron chi connectivity index (χ1n) is 16.6. The van der Waals surface area contributed by atoms with Gasteiger partial charge in [0, 0.05) is 12.1 Å². The van der Waals surface area contributed by atoms with Crippen LogP contribution in [0.5, 0.6) is 11.5 Å². The van der Waals surface area contributed by atoms with E-state index in [9.17, 15) is 22.8 Å². The number of fused-ring (bicyclic) bond motifs is 3. The van der Waals surface area contributed by atoms with Crippen molar-refractivity contribution in [2.75, 3.05) is 19.6 Å². The van der Waals surface area contributed by atoms with Crippen molar-refractivity contribution >= 4 is 11.8 Å². The molecule has 9 heteroatoms. The van der Waals surface area contributed by atoms with Gasteiger partial charge in [-0.3, -0.25) is 14.5 Å². The topological polar surface area (TPSA) is 70.7 Å². The lowest BCUT2D eigenvalue weighted by Gasteiger charge is -2.37. The van der Waals surface area contributed by atoms with Crippen molar-refractivity contribution in [2.45, 2.75) is 63.2 Å². The number of piperidine rings is 1.